The molecule has 0 spiro atoms. The SMILES string of the molecule is COc1cc(NC(=O)c2cc3ccccc3oc2=O)ccc1NS(C)(=O)=O. The van der Waals surface area contributed by atoms with Gasteiger partial charge in [-0.05, 0) is 24.3 Å². The van der Waals surface area contributed by atoms with E-state index in [2.05, 4.69) is 10.0 Å². The minimum Gasteiger partial charge on any atom is -0.494 e. The van der Waals surface area contributed by atoms with Crippen LogP contribution in [0.3, 0.4) is 0 Å². The molecule has 2 aromatic carbocycles. The van der Waals surface area contributed by atoms with E-state index in [1.807, 2.05) is 0 Å². The molecule has 1 amide bonds. The third kappa shape index (κ3) is 4.26. The smallest absolute Gasteiger partial charge is 0.349 e. The number of carbonyl (C=O) groups is 1. The van der Waals surface area contributed by atoms with Crippen LogP contribution >= 0.6 is 0 Å². The zero-order chi connectivity index (χ0) is 19.6. The lowest BCUT2D eigenvalue weighted by Crippen LogP contribution is -2.20. The van der Waals surface area contributed by atoms with E-state index < -0.39 is 21.6 Å². The second kappa shape index (κ2) is 7.12. The lowest BCUT2D eigenvalue weighted by atomic mass is 10.1. The summed E-state index contributed by atoms with van der Waals surface area (Å²) < 4.78 is 35.4. The number of carbonyl (C=O) groups excluding carboxylic acids is 1. The van der Waals surface area contributed by atoms with Gasteiger partial charge in [0.15, 0.2) is 0 Å². The maximum Gasteiger partial charge on any atom is 0.349 e. The molecule has 0 bridgehead atoms. The number of fused-ring (bicyclic) bond motifs is 1. The largest absolute Gasteiger partial charge is 0.494 e. The first-order valence-corrected chi connectivity index (χ1v) is 9.66. The Morgan fingerprint density at radius 1 is 1.11 bits per heavy atom. The number of hydrogen-bond acceptors (Lipinski definition) is 6. The fourth-order valence-corrected chi connectivity index (χ4v) is 3.04. The molecule has 0 aliphatic heterocycles. The van der Waals surface area contributed by atoms with Crippen molar-refractivity contribution in [2.75, 3.05) is 23.4 Å². The topological polar surface area (TPSA) is 115 Å². The van der Waals surface area contributed by atoms with Crippen molar-refractivity contribution >= 4 is 38.3 Å². The fourth-order valence-electron chi connectivity index (χ4n) is 2.47. The first kappa shape index (κ1) is 18.5. The molecule has 1 heterocycles. The van der Waals surface area contributed by atoms with Gasteiger partial charge >= 0.3 is 5.63 Å². The van der Waals surface area contributed by atoms with Crippen molar-refractivity contribution in [1.82, 2.24) is 0 Å². The third-order valence-electron chi connectivity index (χ3n) is 3.64. The van der Waals surface area contributed by atoms with Gasteiger partial charge in [-0.2, -0.15) is 0 Å². The molecular weight excluding hydrogens is 372 g/mol. The normalized spacial score (nSPS) is 11.2. The van der Waals surface area contributed by atoms with E-state index in [0.29, 0.717) is 16.7 Å². The Balaban J connectivity index is 1.90. The van der Waals surface area contributed by atoms with E-state index in [-0.39, 0.29) is 17.0 Å². The molecule has 0 fully saturated rings. The molecule has 9 heteroatoms. The van der Waals surface area contributed by atoms with E-state index in [0.717, 1.165) is 6.26 Å². The molecule has 1 aromatic heterocycles. The summed E-state index contributed by atoms with van der Waals surface area (Å²) in [6, 6.07) is 12.7. The predicted molar refractivity (Wildman–Crippen MR) is 102 cm³/mol. The molecule has 0 aliphatic rings. The number of anilines is 2. The number of hydrogen-bond donors (Lipinski definition) is 2. The van der Waals surface area contributed by atoms with Gasteiger partial charge in [0.25, 0.3) is 5.91 Å². The van der Waals surface area contributed by atoms with Crippen LogP contribution in [0.15, 0.2) is 57.7 Å². The highest BCUT2D eigenvalue weighted by Crippen LogP contribution is 2.28. The molecule has 3 aromatic rings. The van der Waals surface area contributed by atoms with Crippen LogP contribution in [0, 0.1) is 0 Å². The van der Waals surface area contributed by atoms with Crippen LogP contribution in [-0.4, -0.2) is 27.7 Å². The van der Waals surface area contributed by atoms with Crippen molar-refractivity contribution in [1.29, 1.82) is 0 Å². The van der Waals surface area contributed by atoms with Gasteiger partial charge < -0.3 is 14.5 Å². The second-order valence-electron chi connectivity index (χ2n) is 5.73. The van der Waals surface area contributed by atoms with Crippen molar-refractivity contribution in [3.8, 4) is 5.75 Å². The van der Waals surface area contributed by atoms with Crippen LogP contribution in [0.5, 0.6) is 5.75 Å². The molecule has 0 atom stereocenters. The van der Waals surface area contributed by atoms with Crippen molar-refractivity contribution < 1.29 is 22.4 Å². The van der Waals surface area contributed by atoms with Gasteiger partial charge in [-0.15, -0.1) is 0 Å². The Bertz CT molecular complexity index is 1180. The van der Waals surface area contributed by atoms with Gasteiger partial charge in [-0.3, -0.25) is 9.52 Å². The summed E-state index contributed by atoms with van der Waals surface area (Å²) in [5, 5.41) is 3.19. The molecule has 8 nitrogen and oxygen atoms in total. The molecule has 0 saturated carbocycles. The molecule has 0 unspecified atom stereocenters. The Morgan fingerprint density at radius 2 is 1.85 bits per heavy atom. The van der Waals surface area contributed by atoms with Crippen LogP contribution < -0.4 is 20.4 Å². The van der Waals surface area contributed by atoms with E-state index in [4.69, 9.17) is 9.15 Å². The minimum atomic E-state index is -3.49. The van der Waals surface area contributed by atoms with Crippen LogP contribution in [-0.2, 0) is 10.0 Å². The quantitative estimate of drug-likeness (QED) is 0.649. The first-order valence-electron chi connectivity index (χ1n) is 7.77. The molecule has 27 heavy (non-hydrogen) atoms. The Labute approximate surface area is 154 Å². The number of sulfonamides is 1. The fraction of sp³-hybridized carbons (Fsp3) is 0.111. The first-order chi connectivity index (χ1) is 12.8. The third-order valence-corrected chi connectivity index (χ3v) is 4.23. The van der Waals surface area contributed by atoms with Gasteiger partial charge in [-0.25, -0.2) is 13.2 Å². The van der Waals surface area contributed by atoms with E-state index in [1.165, 1.54) is 31.4 Å². The Kier molecular flexibility index (Phi) is 4.87. The van der Waals surface area contributed by atoms with Crippen LogP contribution in [0.25, 0.3) is 11.0 Å². The highest BCUT2D eigenvalue weighted by atomic mass is 32.2. The highest BCUT2D eigenvalue weighted by molar-refractivity contribution is 7.92. The van der Waals surface area contributed by atoms with Gasteiger partial charge in [-0.1, -0.05) is 18.2 Å². The van der Waals surface area contributed by atoms with Crippen molar-refractivity contribution in [3.05, 3.63) is 64.5 Å². The molecule has 2 N–H and O–H groups in total. The van der Waals surface area contributed by atoms with Crippen molar-refractivity contribution in [2.45, 2.75) is 0 Å². The molecule has 3 rings (SSSR count). The maximum absolute atomic E-state index is 12.5. The number of nitrogens with one attached hydrogen (secondary N) is 2. The summed E-state index contributed by atoms with van der Waals surface area (Å²) >= 11 is 0. The standard InChI is InChI=1S/C18H16N2O6S/c1-25-16-10-12(7-8-14(16)20-27(2,23)24)19-17(21)13-9-11-5-3-4-6-15(11)26-18(13)22/h3-10,20H,1-2H3,(H,19,21). The van der Waals surface area contributed by atoms with Crippen LogP contribution in [0.4, 0.5) is 11.4 Å². The molecule has 140 valence electrons. The average Bonchev–Trinajstić information content (AvgIpc) is 2.61. The van der Waals surface area contributed by atoms with Crippen molar-refractivity contribution in [2.24, 2.45) is 0 Å². The van der Waals surface area contributed by atoms with E-state index in [9.17, 15) is 18.0 Å². The maximum atomic E-state index is 12.5. The summed E-state index contributed by atoms with van der Waals surface area (Å²) in [4.78, 5) is 24.5. The van der Waals surface area contributed by atoms with Crippen LogP contribution in [0.2, 0.25) is 0 Å². The molecule has 0 aliphatic carbocycles. The molecule has 0 saturated heterocycles. The monoisotopic (exact) mass is 388 g/mol. The summed E-state index contributed by atoms with van der Waals surface area (Å²) in [7, 11) is -2.12. The summed E-state index contributed by atoms with van der Waals surface area (Å²) in [6.45, 7) is 0. The summed E-state index contributed by atoms with van der Waals surface area (Å²) in [5.74, 6) is -0.441. The highest BCUT2D eigenvalue weighted by Gasteiger charge is 2.15. The van der Waals surface area contributed by atoms with Gasteiger partial charge in [0.2, 0.25) is 10.0 Å². The number of amides is 1. The van der Waals surface area contributed by atoms with Gasteiger partial charge in [0.05, 0.1) is 19.1 Å². The summed E-state index contributed by atoms with van der Waals surface area (Å²) in [5.41, 5.74) is 0.0307. The number of benzene rings is 2. The number of para-hydroxylation sites is 1. The minimum absolute atomic E-state index is 0.147. The second-order valence-corrected chi connectivity index (χ2v) is 7.48. The van der Waals surface area contributed by atoms with E-state index >= 15 is 0 Å². The molecular formula is C18H16N2O6S. The molecule has 0 radical (unpaired) electrons. The van der Waals surface area contributed by atoms with Crippen molar-refractivity contribution in [3.63, 3.8) is 0 Å². The number of methoxy groups -OCH3 is 1. The average molecular weight is 388 g/mol. The Hall–Kier alpha value is -3.33. The van der Waals surface area contributed by atoms with Gasteiger partial charge in [0.1, 0.15) is 16.9 Å². The number of rotatable bonds is 5. The van der Waals surface area contributed by atoms with E-state index in [1.54, 1.807) is 24.3 Å². The Morgan fingerprint density at radius 3 is 2.56 bits per heavy atom. The predicted octanol–water partition coefficient (Wildman–Crippen LogP) is 2.43. The summed E-state index contributed by atoms with van der Waals surface area (Å²) in [6.07, 6.45) is 1.02. The lowest BCUT2D eigenvalue weighted by Gasteiger charge is -2.12. The zero-order valence-corrected chi connectivity index (χ0v) is 15.3. The number of ether oxygens (including phenoxy) is 1. The van der Waals surface area contributed by atoms with Gasteiger partial charge in [0, 0.05) is 17.1 Å². The zero-order valence-electron chi connectivity index (χ0n) is 14.5. The lowest BCUT2D eigenvalue weighted by molar-refractivity contribution is 0.102. The van der Waals surface area contributed by atoms with Crippen LogP contribution in [0.1, 0.15) is 10.4 Å².